The van der Waals surface area contributed by atoms with Gasteiger partial charge in [-0.2, -0.15) is 0 Å². The number of fused-ring (bicyclic) bond motifs is 2. The second-order valence-corrected chi connectivity index (χ2v) is 6.43. The highest BCUT2D eigenvalue weighted by Crippen LogP contribution is 2.33. The molecule has 0 atom stereocenters. The van der Waals surface area contributed by atoms with E-state index in [0.717, 1.165) is 11.1 Å². The summed E-state index contributed by atoms with van der Waals surface area (Å²) in [6, 6.07) is 17.7. The molecule has 2 nitrogen and oxygen atoms in total. The molecule has 0 amide bonds. The average molecular weight is 290 g/mol. The van der Waals surface area contributed by atoms with Crippen molar-refractivity contribution < 1.29 is 0 Å². The van der Waals surface area contributed by atoms with Gasteiger partial charge in [-0.25, -0.2) is 0 Å². The lowest BCUT2D eigenvalue weighted by Gasteiger charge is -2.25. The number of nitrogens with one attached hydrogen (secondary N) is 1. The van der Waals surface area contributed by atoms with Crippen LogP contribution in [0.3, 0.4) is 0 Å². The first-order valence-corrected chi connectivity index (χ1v) is 8.29. The number of nitrogen functional groups attached to an aromatic ring is 1. The Hall–Kier alpha value is -2.22. The van der Waals surface area contributed by atoms with E-state index in [2.05, 4.69) is 47.8 Å². The highest BCUT2D eigenvalue weighted by atomic mass is 14.9. The zero-order valence-corrected chi connectivity index (χ0v) is 12.8. The van der Waals surface area contributed by atoms with Crippen molar-refractivity contribution in [1.29, 1.82) is 0 Å². The smallest absolute Gasteiger partial charge is 0.0423 e. The summed E-state index contributed by atoms with van der Waals surface area (Å²) in [6.07, 6.45) is 6.62. The lowest BCUT2D eigenvalue weighted by molar-refractivity contribution is 0.463. The fraction of sp³-hybridized carbons (Fsp3) is 0.300. The molecule has 1 fully saturated rings. The molecule has 3 N–H and O–H groups in total. The Morgan fingerprint density at radius 1 is 0.818 bits per heavy atom. The molecular weight excluding hydrogens is 268 g/mol. The highest BCUT2D eigenvalue weighted by Gasteiger charge is 2.14. The molecule has 4 rings (SSSR count). The number of anilines is 2. The Morgan fingerprint density at radius 3 is 2.23 bits per heavy atom. The number of nitrogens with two attached hydrogens (primary N) is 1. The van der Waals surface area contributed by atoms with Crippen molar-refractivity contribution in [1.82, 2.24) is 0 Å². The molecule has 0 bridgehead atoms. The zero-order valence-electron chi connectivity index (χ0n) is 12.8. The lowest BCUT2D eigenvalue weighted by Crippen LogP contribution is -2.22. The van der Waals surface area contributed by atoms with E-state index in [1.54, 1.807) is 0 Å². The van der Waals surface area contributed by atoms with E-state index < -0.39 is 0 Å². The first-order chi connectivity index (χ1) is 10.8. The minimum atomic E-state index is 0.604. The number of benzene rings is 3. The van der Waals surface area contributed by atoms with Crippen LogP contribution in [-0.2, 0) is 0 Å². The van der Waals surface area contributed by atoms with Crippen molar-refractivity contribution in [2.75, 3.05) is 11.1 Å². The molecule has 0 spiro atoms. The summed E-state index contributed by atoms with van der Waals surface area (Å²) in [4.78, 5) is 0. The summed E-state index contributed by atoms with van der Waals surface area (Å²) in [5.41, 5.74) is 8.30. The van der Waals surface area contributed by atoms with Gasteiger partial charge in [0.05, 0.1) is 0 Å². The van der Waals surface area contributed by atoms with E-state index in [9.17, 15) is 0 Å². The topological polar surface area (TPSA) is 38.0 Å². The Labute approximate surface area is 131 Å². The van der Waals surface area contributed by atoms with Crippen LogP contribution in [-0.4, -0.2) is 6.04 Å². The van der Waals surface area contributed by atoms with Crippen LogP contribution >= 0.6 is 0 Å². The number of hydrogen-bond acceptors (Lipinski definition) is 2. The van der Waals surface area contributed by atoms with Gasteiger partial charge in [-0.05, 0) is 47.9 Å². The first kappa shape index (κ1) is 13.4. The maximum Gasteiger partial charge on any atom is 0.0423 e. The zero-order chi connectivity index (χ0) is 14.9. The van der Waals surface area contributed by atoms with Gasteiger partial charge in [0, 0.05) is 28.2 Å². The monoisotopic (exact) mass is 290 g/mol. The molecule has 0 heterocycles. The maximum atomic E-state index is 6.22. The molecule has 0 aromatic heterocycles. The van der Waals surface area contributed by atoms with Gasteiger partial charge in [0.2, 0.25) is 0 Å². The fourth-order valence-electron chi connectivity index (χ4n) is 3.65. The molecule has 3 aromatic carbocycles. The van der Waals surface area contributed by atoms with Gasteiger partial charge in [0.1, 0.15) is 0 Å². The van der Waals surface area contributed by atoms with E-state index in [4.69, 9.17) is 5.73 Å². The summed E-state index contributed by atoms with van der Waals surface area (Å²) in [6.45, 7) is 0. The molecule has 0 saturated heterocycles. The molecule has 1 aliphatic carbocycles. The van der Waals surface area contributed by atoms with Crippen molar-refractivity contribution in [2.24, 2.45) is 0 Å². The van der Waals surface area contributed by atoms with Crippen LogP contribution in [0.5, 0.6) is 0 Å². The molecular formula is C20H22N2. The number of hydrogen-bond donors (Lipinski definition) is 2. The third kappa shape index (κ3) is 2.39. The third-order valence-electron chi connectivity index (χ3n) is 4.88. The molecule has 1 saturated carbocycles. The molecule has 2 heteroatoms. The predicted molar refractivity (Wildman–Crippen MR) is 96.4 cm³/mol. The standard InChI is InChI=1S/C20H22N2/c21-19-10-11-20(22-16-8-2-1-3-9-16)18-13-15-7-5-4-6-14(15)12-17(18)19/h4-7,10-13,16,22H,1-3,8-9,21H2. The molecule has 0 unspecified atom stereocenters. The van der Waals surface area contributed by atoms with Crippen LogP contribution < -0.4 is 11.1 Å². The molecule has 0 aliphatic heterocycles. The fourth-order valence-corrected chi connectivity index (χ4v) is 3.65. The van der Waals surface area contributed by atoms with E-state index in [0.29, 0.717) is 6.04 Å². The predicted octanol–water partition coefficient (Wildman–Crippen LogP) is 5.32. The van der Waals surface area contributed by atoms with Crippen LogP contribution in [0, 0.1) is 0 Å². The minimum Gasteiger partial charge on any atom is -0.398 e. The molecule has 3 aromatic rings. The van der Waals surface area contributed by atoms with E-state index >= 15 is 0 Å². The first-order valence-electron chi connectivity index (χ1n) is 8.29. The van der Waals surface area contributed by atoms with Gasteiger partial charge >= 0.3 is 0 Å². The maximum absolute atomic E-state index is 6.22. The van der Waals surface area contributed by atoms with Crippen molar-refractivity contribution in [3.05, 3.63) is 48.5 Å². The third-order valence-corrected chi connectivity index (χ3v) is 4.88. The van der Waals surface area contributed by atoms with Crippen molar-refractivity contribution >= 4 is 32.9 Å². The number of rotatable bonds is 2. The normalized spacial score (nSPS) is 16.2. The summed E-state index contributed by atoms with van der Waals surface area (Å²) in [5.74, 6) is 0. The summed E-state index contributed by atoms with van der Waals surface area (Å²) < 4.78 is 0. The van der Waals surface area contributed by atoms with Crippen molar-refractivity contribution in [3.8, 4) is 0 Å². The van der Waals surface area contributed by atoms with Crippen molar-refractivity contribution in [2.45, 2.75) is 38.1 Å². The molecule has 1 aliphatic rings. The van der Waals surface area contributed by atoms with E-state index in [1.807, 2.05) is 6.07 Å². The van der Waals surface area contributed by atoms with Crippen LogP contribution in [0.2, 0.25) is 0 Å². The van der Waals surface area contributed by atoms with Gasteiger partial charge in [-0.15, -0.1) is 0 Å². The van der Waals surface area contributed by atoms with E-state index in [1.165, 1.54) is 54.0 Å². The van der Waals surface area contributed by atoms with Crippen LogP contribution in [0.4, 0.5) is 11.4 Å². The lowest BCUT2D eigenvalue weighted by atomic mass is 9.94. The SMILES string of the molecule is Nc1ccc(NC2CCCCC2)c2cc3ccccc3cc12. The van der Waals surface area contributed by atoms with Crippen LogP contribution in [0.15, 0.2) is 48.5 Å². The second-order valence-electron chi connectivity index (χ2n) is 6.43. The van der Waals surface area contributed by atoms with Crippen LogP contribution in [0.1, 0.15) is 32.1 Å². The largest absolute Gasteiger partial charge is 0.398 e. The van der Waals surface area contributed by atoms with E-state index in [-0.39, 0.29) is 0 Å². The van der Waals surface area contributed by atoms with Gasteiger partial charge < -0.3 is 11.1 Å². The highest BCUT2D eigenvalue weighted by molar-refractivity contribution is 6.08. The Balaban J connectivity index is 1.83. The summed E-state index contributed by atoms with van der Waals surface area (Å²) in [5, 5.41) is 8.67. The Kier molecular flexibility index (Phi) is 3.38. The molecule has 0 radical (unpaired) electrons. The van der Waals surface area contributed by atoms with Crippen LogP contribution in [0.25, 0.3) is 21.5 Å². The Morgan fingerprint density at radius 2 is 1.50 bits per heavy atom. The minimum absolute atomic E-state index is 0.604. The van der Waals surface area contributed by atoms with Gasteiger partial charge in [-0.3, -0.25) is 0 Å². The van der Waals surface area contributed by atoms with Crippen molar-refractivity contribution in [3.63, 3.8) is 0 Å². The average Bonchev–Trinajstić information content (AvgIpc) is 2.57. The molecule has 112 valence electrons. The summed E-state index contributed by atoms with van der Waals surface area (Å²) in [7, 11) is 0. The van der Waals surface area contributed by atoms with Gasteiger partial charge in [0.25, 0.3) is 0 Å². The Bertz CT molecular complexity index is 816. The summed E-state index contributed by atoms with van der Waals surface area (Å²) >= 11 is 0. The van der Waals surface area contributed by atoms with Gasteiger partial charge in [0.15, 0.2) is 0 Å². The second kappa shape index (κ2) is 5.53. The quantitative estimate of drug-likeness (QED) is 0.495. The molecule has 22 heavy (non-hydrogen) atoms. The van der Waals surface area contributed by atoms with Gasteiger partial charge in [-0.1, -0.05) is 43.5 Å².